The molecule has 3 aliphatic rings. The number of amides is 3. The monoisotopic (exact) mass is 771 g/mol. The standard InChI is InChI=1S/C39H61N7O9/c1-23-20-25(38(2,3)4)31(26(21-23)39(5,6)7)54-35(49)29-30(40-8)34(55-37(51)45-14-18-53-19-15-45)46-33(29)42-32(43-46)24-10-11-28(52-9)27(22-24)41-36(50)44(12-16-47)13-17-48/h23-28,31,47-48H,10-22H2,1-7,9H3,(H,41,50)(H,42,43). The van der Waals surface area contributed by atoms with Gasteiger partial charge in [0.1, 0.15) is 17.5 Å². The molecule has 0 spiro atoms. The predicted molar refractivity (Wildman–Crippen MR) is 203 cm³/mol. The van der Waals surface area contributed by atoms with Gasteiger partial charge in [-0.2, -0.15) is 0 Å². The summed E-state index contributed by atoms with van der Waals surface area (Å²) in [7, 11) is 1.58. The number of aromatic nitrogens is 3. The molecular weight excluding hydrogens is 710 g/mol. The van der Waals surface area contributed by atoms with E-state index in [9.17, 15) is 24.6 Å². The molecule has 2 saturated carbocycles. The Bertz CT molecular complexity index is 1670. The van der Waals surface area contributed by atoms with E-state index in [1.807, 2.05) is 0 Å². The number of aliphatic hydroxyl groups excluding tert-OH is 2. The molecule has 2 aliphatic carbocycles. The second kappa shape index (κ2) is 17.5. The molecule has 0 radical (unpaired) electrons. The molecule has 4 N–H and O–H groups in total. The summed E-state index contributed by atoms with van der Waals surface area (Å²) in [5.74, 6) is -0.0612. The zero-order valence-electron chi connectivity index (χ0n) is 33.7. The quantitative estimate of drug-likeness (QED) is 0.190. The number of nitrogens with one attached hydrogen (secondary N) is 2. The minimum absolute atomic E-state index is 0.0566. The molecule has 3 heterocycles. The number of carbonyl (C=O) groups is 3. The molecule has 1 aliphatic heterocycles. The van der Waals surface area contributed by atoms with E-state index in [0.29, 0.717) is 57.3 Å². The molecule has 55 heavy (non-hydrogen) atoms. The molecule has 3 amide bonds. The number of carbonyl (C=O) groups excluding carboxylic acids is 3. The third-order valence-corrected chi connectivity index (χ3v) is 11.7. The highest BCUT2D eigenvalue weighted by Gasteiger charge is 2.49. The fourth-order valence-electron chi connectivity index (χ4n) is 8.63. The van der Waals surface area contributed by atoms with Crippen LogP contribution in [0.3, 0.4) is 0 Å². The summed E-state index contributed by atoms with van der Waals surface area (Å²) in [5, 5.41) is 25.2. The molecule has 306 valence electrons. The molecule has 16 heteroatoms. The van der Waals surface area contributed by atoms with Crippen LogP contribution in [0.4, 0.5) is 15.3 Å². The van der Waals surface area contributed by atoms with Gasteiger partial charge < -0.3 is 44.3 Å². The van der Waals surface area contributed by atoms with Crippen LogP contribution in [0.5, 0.6) is 5.88 Å². The molecule has 0 bridgehead atoms. The number of morpholine rings is 1. The van der Waals surface area contributed by atoms with Gasteiger partial charge >= 0.3 is 18.1 Å². The van der Waals surface area contributed by atoms with Gasteiger partial charge in [-0.15, -0.1) is 0 Å². The fraction of sp³-hybridized carbons (Fsp3) is 0.769. The summed E-state index contributed by atoms with van der Waals surface area (Å²) in [6, 6.07) is -0.883. The Morgan fingerprint density at radius 1 is 1.02 bits per heavy atom. The lowest BCUT2D eigenvalue weighted by Gasteiger charge is -2.50. The maximum atomic E-state index is 14.6. The Hall–Kier alpha value is -3.91. The van der Waals surface area contributed by atoms with Gasteiger partial charge in [-0.3, -0.25) is 5.10 Å². The SMILES string of the molecule is [C-]#[N+]c1c(C(=O)OC2C(C(C)(C)C)CC(C)CC2C(C)(C)C)c2nc(C3CCC(OC)C(NC(=O)N(CCO)CCO)C3)[nH]n2c1OC(=O)N1CCOCC1. The molecule has 5 atom stereocenters. The van der Waals surface area contributed by atoms with E-state index in [2.05, 4.69) is 63.7 Å². The zero-order valence-corrected chi connectivity index (χ0v) is 33.7. The smallest absolute Gasteiger partial charge is 0.415 e. The van der Waals surface area contributed by atoms with E-state index in [1.54, 1.807) is 7.11 Å². The first-order valence-electron chi connectivity index (χ1n) is 19.6. The molecule has 2 aromatic rings. The van der Waals surface area contributed by atoms with Crippen LogP contribution >= 0.6 is 0 Å². The number of H-pyrrole nitrogens is 1. The number of rotatable bonds is 10. The van der Waals surface area contributed by atoms with Crippen molar-refractivity contribution < 1.29 is 43.5 Å². The van der Waals surface area contributed by atoms with Crippen LogP contribution in [0.15, 0.2) is 0 Å². The maximum Gasteiger partial charge on any atom is 0.415 e. The number of nitrogens with zero attached hydrogens (tertiary/aromatic N) is 5. The largest absolute Gasteiger partial charge is 0.459 e. The molecule has 5 unspecified atom stereocenters. The topological polar surface area (TPSA) is 185 Å². The number of esters is 1. The van der Waals surface area contributed by atoms with Crippen molar-refractivity contribution in [3.8, 4) is 5.88 Å². The first-order valence-corrected chi connectivity index (χ1v) is 19.6. The van der Waals surface area contributed by atoms with Crippen LogP contribution in [0.25, 0.3) is 10.5 Å². The Morgan fingerprint density at radius 2 is 1.64 bits per heavy atom. The highest BCUT2D eigenvalue weighted by atomic mass is 16.6. The number of aliphatic hydroxyl groups is 2. The van der Waals surface area contributed by atoms with Crippen LogP contribution in [0.2, 0.25) is 0 Å². The number of urea groups is 1. The van der Waals surface area contributed by atoms with Crippen molar-refractivity contribution in [2.24, 2.45) is 28.6 Å². The van der Waals surface area contributed by atoms with Crippen molar-refractivity contribution in [2.75, 3.05) is 59.7 Å². The third kappa shape index (κ3) is 9.39. The van der Waals surface area contributed by atoms with E-state index in [-0.39, 0.29) is 83.8 Å². The van der Waals surface area contributed by atoms with E-state index >= 15 is 0 Å². The van der Waals surface area contributed by atoms with Crippen molar-refractivity contribution >= 4 is 29.4 Å². The van der Waals surface area contributed by atoms with Gasteiger partial charge in [-0.05, 0) is 48.9 Å². The number of ether oxygens (including phenoxy) is 4. The highest BCUT2D eigenvalue weighted by molar-refractivity contribution is 6.05. The van der Waals surface area contributed by atoms with Crippen LogP contribution in [0, 0.1) is 35.2 Å². The summed E-state index contributed by atoms with van der Waals surface area (Å²) in [6.07, 6.45) is 1.98. The molecule has 1 saturated heterocycles. The minimum atomic E-state index is -0.695. The van der Waals surface area contributed by atoms with E-state index < -0.39 is 30.2 Å². The number of aromatic amines is 1. The van der Waals surface area contributed by atoms with Gasteiger partial charge in [0.2, 0.25) is 5.88 Å². The third-order valence-electron chi connectivity index (χ3n) is 11.7. The number of fused-ring (bicyclic) bond motifs is 1. The second-order valence-electron chi connectivity index (χ2n) is 17.5. The lowest BCUT2D eigenvalue weighted by Crippen LogP contribution is -2.52. The Labute approximate surface area is 324 Å². The molecule has 2 aromatic heterocycles. The van der Waals surface area contributed by atoms with Gasteiger partial charge in [0.05, 0.1) is 45.1 Å². The normalized spacial score (nSPS) is 26.3. The van der Waals surface area contributed by atoms with Gasteiger partial charge in [0.15, 0.2) is 5.65 Å². The van der Waals surface area contributed by atoms with E-state index in [1.165, 1.54) is 14.3 Å². The van der Waals surface area contributed by atoms with Crippen LogP contribution in [0.1, 0.15) is 103 Å². The summed E-state index contributed by atoms with van der Waals surface area (Å²) < 4.78 is 25.1. The average molecular weight is 772 g/mol. The first kappa shape index (κ1) is 42.2. The first-order chi connectivity index (χ1) is 26.0. The van der Waals surface area contributed by atoms with Crippen molar-refractivity contribution in [3.05, 3.63) is 22.8 Å². The van der Waals surface area contributed by atoms with Crippen molar-refractivity contribution in [1.29, 1.82) is 0 Å². The molecule has 0 aromatic carbocycles. The summed E-state index contributed by atoms with van der Waals surface area (Å²) in [5.41, 5.74) is -0.450. The van der Waals surface area contributed by atoms with Gasteiger partial charge in [0.25, 0.3) is 5.69 Å². The number of methoxy groups -OCH3 is 1. The maximum absolute atomic E-state index is 14.6. The van der Waals surface area contributed by atoms with Crippen molar-refractivity contribution in [2.45, 2.75) is 105 Å². The molecule has 5 rings (SSSR count). The van der Waals surface area contributed by atoms with Crippen LogP contribution in [-0.4, -0.2) is 131 Å². The second-order valence-corrected chi connectivity index (χ2v) is 17.5. The fourth-order valence-corrected chi connectivity index (χ4v) is 8.63. The molecule has 16 nitrogen and oxygen atoms in total. The average Bonchev–Trinajstić information content (AvgIpc) is 3.68. The summed E-state index contributed by atoms with van der Waals surface area (Å²) >= 11 is 0. The lowest BCUT2D eigenvalue weighted by molar-refractivity contribution is -0.0922. The van der Waals surface area contributed by atoms with Crippen molar-refractivity contribution in [3.63, 3.8) is 0 Å². The Morgan fingerprint density at radius 3 is 2.18 bits per heavy atom. The van der Waals surface area contributed by atoms with Crippen LogP contribution in [-0.2, 0) is 14.2 Å². The van der Waals surface area contributed by atoms with Gasteiger partial charge in [-0.1, -0.05) is 48.5 Å². The predicted octanol–water partition coefficient (Wildman–Crippen LogP) is 4.97. The molecular formula is C39H61N7O9. The lowest BCUT2D eigenvalue weighted by atomic mass is 9.59. The van der Waals surface area contributed by atoms with E-state index in [4.69, 9.17) is 30.5 Å². The number of hydrogen-bond donors (Lipinski definition) is 4. The number of hydrogen-bond acceptors (Lipinski definition) is 10. The minimum Gasteiger partial charge on any atom is -0.459 e. The Kier molecular flexibility index (Phi) is 13.4. The van der Waals surface area contributed by atoms with Crippen LogP contribution < -0.4 is 10.1 Å². The highest BCUT2D eigenvalue weighted by Crippen LogP contribution is 2.50. The molecule has 3 fully saturated rings. The van der Waals surface area contributed by atoms with Gasteiger partial charge in [0, 0.05) is 51.0 Å². The van der Waals surface area contributed by atoms with Crippen molar-refractivity contribution in [1.82, 2.24) is 29.7 Å². The zero-order chi connectivity index (χ0) is 40.2. The van der Waals surface area contributed by atoms with E-state index in [0.717, 1.165) is 12.8 Å². The summed E-state index contributed by atoms with van der Waals surface area (Å²) in [4.78, 5) is 52.8. The van der Waals surface area contributed by atoms with Gasteiger partial charge in [-0.25, -0.2) is 28.7 Å². The Balaban J connectivity index is 1.54. The summed E-state index contributed by atoms with van der Waals surface area (Å²) in [6.45, 7) is 24.5.